The molecule has 2 nitrogen and oxygen atoms in total. The number of benzene rings is 8. The Kier molecular flexibility index (Phi) is 8.81. The van der Waals surface area contributed by atoms with Crippen LogP contribution in [-0.2, 0) is 5.41 Å². The molecule has 276 valence electrons. The monoisotopic (exact) mass is 743 g/mol. The maximum atomic E-state index is 6.38. The van der Waals surface area contributed by atoms with Crippen molar-refractivity contribution in [2.24, 2.45) is 0 Å². The summed E-state index contributed by atoms with van der Waals surface area (Å²) in [6, 6.07) is 72.0. The zero-order chi connectivity index (χ0) is 39.1. The van der Waals surface area contributed by atoms with Crippen LogP contribution in [0.25, 0.3) is 49.8 Å². The summed E-state index contributed by atoms with van der Waals surface area (Å²) in [4.78, 5) is 2.31. The Morgan fingerprint density at radius 3 is 1.79 bits per heavy atom. The van der Waals surface area contributed by atoms with Crippen LogP contribution in [-0.4, -0.2) is 0 Å². The largest absolute Gasteiger partial charge is 0.456 e. The second-order valence-electron chi connectivity index (χ2n) is 14.9. The van der Waals surface area contributed by atoms with E-state index >= 15 is 0 Å². The highest BCUT2D eigenvalue weighted by Gasteiger charge is 2.45. The molecule has 0 spiro atoms. The number of allylic oxidation sites excluding steroid dienone is 5. The lowest BCUT2D eigenvalue weighted by Gasteiger charge is -2.35. The van der Waals surface area contributed by atoms with Gasteiger partial charge in [0.25, 0.3) is 0 Å². The number of rotatable bonds is 9. The fourth-order valence-electron chi connectivity index (χ4n) is 9.10. The fourth-order valence-corrected chi connectivity index (χ4v) is 9.10. The quantitative estimate of drug-likeness (QED) is 0.137. The predicted octanol–water partition coefficient (Wildman–Crippen LogP) is 15.3. The average Bonchev–Trinajstić information content (AvgIpc) is 3.78. The van der Waals surface area contributed by atoms with Gasteiger partial charge in [0.1, 0.15) is 11.2 Å². The summed E-state index contributed by atoms with van der Waals surface area (Å²) in [6.45, 7) is 6.26. The van der Waals surface area contributed by atoms with E-state index in [1.807, 2.05) is 24.3 Å². The number of nitrogens with zero attached hydrogens (tertiary/aromatic N) is 1. The van der Waals surface area contributed by atoms with Crippen LogP contribution < -0.4 is 4.90 Å². The van der Waals surface area contributed by atoms with Crippen molar-refractivity contribution in [2.75, 3.05) is 4.90 Å². The highest BCUT2D eigenvalue weighted by molar-refractivity contribution is 6.06. The van der Waals surface area contributed by atoms with Crippen LogP contribution in [0.15, 0.2) is 235 Å². The third-order valence-electron chi connectivity index (χ3n) is 11.8. The van der Waals surface area contributed by atoms with Crippen molar-refractivity contribution in [3.63, 3.8) is 0 Å². The molecule has 0 radical (unpaired) electrons. The summed E-state index contributed by atoms with van der Waals surface area (Å²) in [7, 11) is 0. The first-order chi connectivity index (χ1) is 28.6. The number of hydrogen-bond acceptors (Lipinski definition) is 2. The Hall–Kier alpha value is -7.42. The van der Waals surface area contributed by atoms with Gasteiger partial charge in [0.05, 0.1) is 5.41 Å². The van der Waals surface area contributed by atoms with Gasteiger partial charge in [-0.05, 0) is 111 Å². The van der Waals surface area contributed by atoms with E-state index in [2.05, 4.69) is 213 Å². The molecule has 1 aromatic heterocycles. The third kappa shape index (κ3) is 5.81. The molecule has 1 heterocycles. The van der Waals surface area contributed by atoms with Gasteiger partial charge in [-0.1, -0.05) is 170 Å². The summed E-state index contributed by atoms with van der Waals surface area (Å²) in [5.41, 5.74) is 16.8. The lowest BCUT2D eigenvalue weighted by atomic mass is 9.67. The van der Waals surface area contributed by atoms with E-state index in [9.17, 15) is 0 Å². The molecule has 0 bridgehead atoms. The van der Waals surface area contributed by atoms with Crippen LogP contribution in [0.2, 0.25) is 0 Å². The summed E-state index contributed by atoms with van der Waals surface area (Å²) >= 11 is 0. The van der Waals surface area contributed by atoms with Gasteiger partial charge in [0, 0.05) is 33.9 Å². The van der Waals surface area contributed by atoms with E-state index in [0.29, 0.717) is 0 Å². The second kappa shape index (κ2) is 14.6. The van der Waals surface area contributed by atoms with Gasteiger partial charge in [0.2, 0.25) is 0 Å². The molecule has 2 heteroatoms. The molecule has 0 aliphatic heterocycles. The normalized spacial score (nSPS) is 15.0. The molecule has 58 heavy (non-hydrogen) atoms. The maximum Gasteiger partial charge on any atom is 0.137 e. The highest BCUT2D eigenvalue weighted by atomic mass is 16.3. The fraction of sp³-hybridized carbons (Fsp3) is 0.0357. The molecule has 1 aliphatic rings. The second-order valence-corrected chi connectivity index (χ2v) is 14.9. The first-order valence-corrected chi connectivity index (χ1v) is 19.9. The van der Waals surface area contributed by atoms with Crippen LogP contribution in [0.3, 0.4) is 0 Å². The van der Waals surface area contributed by atoms with Crippen LogP contribution >= 0.6 is 0 Å². The topological polar surface area (TPSA) is 16.4 Å². The molecule has 9 aromatic rings. The molecular weight excluding hydrogens is 703 g/mol. The van der Waals surface area contributed by atoms with E-state index < -0.39 is 5.41 Å². The first kappa shape index (κ1) is 35.0. The Bertz CT molecular complexity index is 3010. The maximum absolute atomic E-state index is 6.38. The molecule has 0 saturated carbocycles. The number of furan rings is 1. The van der Waals surface area contributed by atoms with Crippen LogP contribution in [0.4, 0.5) is 17.1 Å². The van der Waals surface area contributed by atoms with Gasteiger partial charge in [-0.15, -0.1) is 0 Å². The number of fused-ring (bicyclic) bond motifs is 4. The summed E-state index contributed by atoms with van der Waals surface area (Å²) < 4.78 is 6.38. The summed E-state index contributed by atoms with van der Waals surface area (Å²) in [6.07, 6.45) is 6.11. The molecule has 1 atom stereocenters. The SMILES string of the molecule is C=C/C=C\C1=C(C)C(c2ccccc2)(c2cccc(-c3ccc(N(c4ccc(-c5ccccc5)cc4)c4ccc5c(c4)oc4ccccc45)cc3)c2)c2ccccc21. The Balaban J connectivity index is 1.08. The Labute approximate surface area is 340 Å². The first-order valence-electron chi connectivity index (χ1n) is 19.9. The van der Waals surface area contributed by atoms with E-state index in [1.165, 1.54) is 50.1 Å². The molecule has 1 unspecified atom stereocenters. The van der Waals surface area contributed by atoms with Gasteiger partial charge < -0.3 is 9.32 Å². The molecule has 8 aromatic carbocycles. The van der Waals surface area contributed by atoms with Crippen LogP contribution in [0, 0.1) is 0 Å². The van der Waals surface area contributed by atoms with Gasteiger partial charge >= 0.3 is 0 Å². The number of hydrogen-bond donors (Lipinski definition) is 0. The lowest BCUT2D eigenvalue weighted by molar-refractivity contribution is 0.669. The van der Waals surface area contributed by atoms with Crippen molar-refractivity contribution in [2.45, 2.75) is 12.3 Å². The van der Waals surface area contributed by atoms with E-state index in [0.717, 1.165) is 44.6 Å². The molecule has 0 amide bonds. The molecule has 0 fully saturated rings. The smallest absolute Gasteiger partial charge is 0.137 e. The molecular formula is C56H41NO. The van der Waals surface area contributed by atoms with Gasteiger partial charge in [-0.2, -0.15) is 0 Å². The van der Waals surface area contributed by atoms with Crippen molar-refractivity contribution in [1.29, 1.82) is 0 Å². The highest BCUT2D eigenvalue weighted by Crippen LogP contribution is 2.55. The van der Waals surface area contributed by atoms with Crippen molar-refractivity contribution >= 4 is 44.6 Å². The molecule has 10 rings (SSSR count). The summed E-state index contributed by atoms with van der Waals surface area (Å²) in [5, 5.41) is 2.24. The minimum atomic E-state index is -0.452. The molecule has 0 saturated heterocycles. The lowest BCUT2D eigenvalue weighted by Crippen LogP contribution is -2.29. The standard InChI is InChI=1S/C56H41NO/c1-3-4-22-49-39(2)56(44-19-9-6-10-20-44,53-25-13-11-23-50(49)53)45-21-15-18-43(37-45)42-29-33-47(34-30-42)57(46-31-27-41(28-32-46)40-16-7-5-8-17-40)48-35-36-52-51-24-12-14-26-54(51)58-55(52)38-48/h3-38H,1H2,2H3/b22-4-. The predicted molar refractivity (Wildman–Crippen MR) is 244 cm³/mol. The minimum absolute atomic E-state index is 0.452. The van der Waals surface area contributed by atoms with E-state index in [-0.39, 0.29) is 0 Å². The van der Waals surface area contributed by atoms with E-state index in [1.54, 1.807) is 0 Å². The van der Waals surface area contributed by atoms with Gasteiger partial charge in [-0.3, -0.25) is 0 Å². The molecule has 0 N–H and O–H groups in total. The van der Waals surface area contributed by atoms with Crippen molar-refractivity contribution in [3.8, 4) is 22.3 Å². The van der Waals surface area contributed by atoms with Crippen molar-refractivity contribution in [3.05, 3.63) is 253 Å². The van der Waals surface area contributed by atoms with Crippen LogP contribution in [0.1, 0.15) is 29.2 Å². The Morgan fingerprint density at radius 1 is 0.483 bits per heavy atom. The number of anilines is 3. The Morgan fingerprint density at radius 2 is 1.05 bits per heavy atom. The minimum Gasteiger partial charge on any atom is -0.456 e. The van der Waals surface area contributed by atoms with E-state index in [4.69, 9.17) is 4.42 Å². The third-order valence-corrected chi connectivity index (χ3v) is 11.8. The zero-order valence-electron chi connectivity index (χ0n) is 32.3. The number of para-hydroxylation sites is 1. The van der Waals surface area contributed by atoms with Crippen molar-refractivity contribution in [1.82, 2.24) is 0 Å². The van der Waals surface area contributed by atoms with Crippen LogP contribution in [0.5, 0.6) is 0 Å². The van der Waals surface area contributed by atoms with Crippen molar-refractivity contribution < 1.29 is 4.42 Å². The summed E-state index contributed by atoms with van der Waals surface area (Å²) in [5.74, 6) is 0. The van der Waals surface area contributed by atoms with Gasteiger partial charge in [0.15, 0.2) is 0 Å². The molecule has 1 aliphatic carbocycles. The van der Waals surface area contributed by atoms with Gasteiger partial charge in [-0.25, -0.2) is 0 Å². The zero-order valence-corrected chi connectivity index (χ0v) is 32.3. The average molecular weight is 744 g/mol.